The third-order valence-electron chi connectivity index (χ3n) is 4.30. The first-order valence-corrected chi connectivity index (χ1v) is 8.50. The van der Waals surface area contributed by atoms with Gasteiger partial charge >= 0.3 is 5.63 Å². The second kappa shape index (κ2) is 7.06. The Balaban J connectivity index is 1.53. The molecule has 0 spiro atoms. The number of hydrogen-bond donors (Lipinski definition) is 0. The van der Waals surface area contributed by atoms with Crippen LogP contribution in [0.4, 0.5) is 0 Å². The van der Waals surface area contributed by atoms with E-state index in [4.69, 9.17) is 13.6 Å². The normalized spacial score (nSPS) is 11.5. The summed E-state index contributed by atoms with van der Waals surface area (Å²) >= 11 is 0. The van der Waals surface area contributed by atoms with E-state index >= 15 is 0 Å². The highest BCUT2D eigenvalue weighted by Crippen LogP contribution is 2.34. The Kier molecular flexibility index (Phi) is 4.46. The van der Waals surface area contributed by atoms with Crippen molar-refractivity contribution in [3.63, 3.8) is 0 Å². The van der Waals surface area contributed by atoms with Gasteiger partial charge in [-0.3, -0.25) is 4.90 Å². The summed E-state index contributed by atoms with van der Waals surface area (Å²) in [6.07, 6.45) is 1.61. The number of fused-ring (bicyclic) bond motifs is 2. The number of nitrogens with zero attached hydrogens (tertiary/aromatic N) is 1. The molecule has 4 rings (SSSR count). The Morgan fingerprint density at radius 2 is 1.81 bits per heavy atom. The highest BCUT2D eigenvalue weighted by molar-refractivity contribution is 5.99. The third kappa shape index (κ3) is 3.34. The quantitative estimate of drug-likeness (QED) is 0.492. The van der Waals surface area contributed by atoms with Gasteiger partial charge in [0.15, 0.2) is 11.2 Å². The zero-order chi connectivity index (χ0) is 17.9. The molecule has 4 aromatic rings. The number of benzene rings is 2. The van der Waals surface area contributed by atoms with E-state index < -0.39 is 5.63 Å². The summed E-state index contributed by atoms with van der Waals surface area (Å²) in [5, 5.41) is 1.73. The standard InChI is InChI=1S/C21H19NO4/c1-22(14-15-5-3-2-4-6-15)10-12-25-21-19-17(9-11-24-19)13-16-7-8-18(23)26-20(16)21/h2-9,11,13H,10,12,14H2,1H3. The monoisotopic (exact) mass is 349 g/mol. The van der Waals surface area contributed by atoms with E-state index in [9.17, 15) is 4.79 Å². The molecule has 0 amide bonds. The molecule has 2 aromatic carbocycles. The molecule has 0 saturated carbocycles. The molecule has 0 N–H and O–H groups in total. The number of ether oxygens (including phenoxy) is 1. The molecule has 0 atom stereocenters. The average Bonchev–Trinajstić information content (AvgIpc) is 3.10. The lowest BCUT2D eigenvalue weighted by molar-refractivity contribution is 0.232. The molecule has 0 aliphatic rings. The van der Waals surface area contributed by atoms with Crippen molar-refractivity contribution >= 4 is 21.9 Å². The van der Waals surface area contributed by atoms with Crippen LogP contribution in [-0.2, 0) is 6.54 Å². The minimum atomic E-state index is -0.408. The maximum absolute atomic E-state index is 11.6. The van der Waals surface area contributed by atoms with Crippen LogP contribution in [0, 0.1) is 0 Å². The minimum Gasteiger partial charge on any atom is -0.485 e. The van der Waals surface area contributed by atoms with Crippen molar-refractivity contribution in [2.24, 2.45) is 0 Å². The fourth-order valence-electron chi connectivity index (χ4n) is 3.01. The van der Waals surface area contributed by atoms with Crippen molar-refractivity contribution in [2.45, 2.75) is 6.54 Å². The fourth-order valence-corrected chi connectivity index (χ4v) is 3.01. The summed E-state index contributed by atoms with van der Waals surface area (Å²) < 4.78 is 16.9. The molecular formula is C21H19NO4. The number of rotatable bonds is 6. The van der Waals surface area contributed by atoms with E-state index in [2.05, 4.69) is 17.0 Å². The van der Waals surface area contributed by atoms with E-state index in [1.165, 1.54) is 11.6 Å². The Labute approximate surface area is 150 Å². The molecule has 0 bridgehead atoms. The second-order valence-corrected chi connectivity index (χ2v) is 6.29. The first kappa shape index (κ1) is 16.4. The smallest absolute Gasteiger partial charge is 0.336 e. The van der Waals surface area contributed by atoms with Crippen LogP contribution in [0.1, 0.15) is 5.56 Å². The lowest BCUT2D eigenvalue weighted by atomic mass is 10.1. The van der Waals surface area contributed by atoms with E-state index in [1.807, 2.05) is 37.4 Å². The predicted molar refractivity (Wildman–Crippen MR) is 101 cm³/mol. The van der Waals surface area contributed by atoms with Gasteiger partial charge in [0.05, 0.1) is 6.26 Å². The second-order valence-electron chi connectivity index (χ2n) is 6.29. The van der Waals surface area contributed by atoms with Gasteiger partial charge < -0.3 is 13.6 Å². The van der Waals surface area contributed by atoms with Gasteiger partial charge in [-0.1, -0.05) is 30.3 Å². The summed E-state index contributed by atoms with van der Waals surface area (Å²) in [6.45, 7) is 2.02. The molecule has 0 saturated heterocycles. The number of furan rings is 1. The van der Waals surface area contributed by atoms with E-state index in [1.54, 1.807) is 12.3 Å². The Bertz CT molecular complexity index is 1080. The number of hydrogen-bond acceptors (Lipinski definition) is 5. The molecular weight excluding hydrogens is 330 g/mol. The van der Waals surface area contributed by atoms with Crippen molar-refractivity contribution in [1.29, 1.82) is 0 Å². The van der Waals surface area contributed by atoms with Gasteiger partial charge in [-0.15, -0.1) is 0 Å². The molecule has 0 fully saturated rings. The molecule has 26 heavy (non-hydrogen) atoms. The van der Waals surface area contributed by atoms with Crippen molar-refractivity contribution in [3.05, 3.63) is 76.8 Å². The fraction of sp³-hybridized carbons (Fsp3) is 0.190. The van der Waals surface area contributed by atoms with Gasteiger partial charge in [-0.05, 0) is 30.8 Å². The SMILES string of the molecule is CN(CCOc1c2occc2cc2ccc(=O)oc12)Cc1ccccc1. The van der Waals surface area contributed by atoms with Crippen LogP contribution in [0.25, 0.3) is 21.9 Å². The first-order valence-electron chi connectivity index (χ1n) is 8.50. The van der Waals surface area contributed by atoms with Crippen molar-refractivity contribution in [1.82, 2.24) is 4.90 Å². The van der Waals surface area contributed by atoms with Crippen LogP contribution in [-0.4, -0.2) is 25.1 Å². The molecule has 0 radical (unpaired) electrons. The van der Waals surface area contributed by atoms with Gasteiger partial charge in [0.2, 0.25) is 5.75 Å². The predicted octanol–water partition coefficient (Wildman–Crippen LogP) is 4.05. The lowest BCUT2D eigenvalue weighted by Gasteiger charge is -2.17. The minimum absolute atomic E-state index is 0.408. The van der Waals surface area contributed by atoms with Gasteiger partial charge in [-0.2, -0.15) is 0 Å². The van der Waals surface area contributed by atoms with E-state index in [0.717, 1.165) is 23.9 Å². The maximum Gasteiger partial charge on any atom is 0.336 e. The van der Waals surface area contributed by atoms with Crippen molar-refractivity contribution in [3.8, 4) is 5.75 Å². The highest BCUT2D eigenvalue weighted by Gasteiger charge is 2.15. The largest absolute Gasteiger partial charge is 0.485 e. The van der Waals surface area contributed by atoms with Crippen molar-refractivity contribution in [2.75, 3.05) is 20.2 Å². The van der Waals surface area contributed by atoms with Gasteiger partial charge in [0.1, 0.15) is 6.61 Å². The van der Waals surface area contributed by atoms with Gasteiger partial charge in [0.25, 0.3) is 0 Å². The van der Waals surface area contributed by atoms with Crippen molar-refractivity contribution < 1.29 is 13.6 Å². The lowest BCUT2D eigenvalue weighted by Crippen LogP contribution is -2.23. The van der Waals surface area contributed by atoms with Crippen LogP contribution < -0.4 is 10.4 Å². The zero-order valence-corrected chi connectivity index (χ0v) is 14.5. The zero-order valence-electron chi connectivity index (χ0n) is 14.5. The van der Waals surface area contributed by atoms with Gasteiger partial charge in [0, 0.05) is 29.9 Å². The maximum atomic E-state index is 11.6. The first-order chi connectivity index (χ1) is 12.7. The van der Waals surface area contributed by atoms with Crippen LogP contribution in [0.3, 0.4) is 0 Å². The summed E-state index contributed by atoms with van der Waals surface area (Å²) in [6, 6.07) is 17.2. The molecule has 0 aliphatic heterocycles. The summed E-state index contributed by atoms with van der Waals surface area (Å²) in [4.78, 5) is 13.8. The van der Waals surface area contributed by atoms with Crippen LogP contribution in [0.5, 0.6) is 5.75 Å². The molecule has 5 nitrogen and oxygen atoms in total. The molecule has 2 aromatic heterocycles. The van der Waals surface area contributed by atoms with Gasteiger partial charge in [-0.25, -0.2) is 4.79 Å². The molecule has 5 heteroatoms. The average molecular weight is 349 g/mol. The van der Waals surface area contributed by atoms with E-state index in [-0.39, 0.29) is 0 Å². The van der Waals surface area contributed by atoms with Crippen LogP contribution >= 0.6 is 0 Å². The molecule has 2 heterocycles. The molecule has 0 aliphatic carbocycles. The van der Waals surface area contributed by atoms with Crippen LogP contribution in [0.15, 0.2) is 74.5 Å². The van der Waals surface area contributed by atoms with E-state index in [0.29, 0.717) is 23.5 Å². The summed E-state index contributed by atoms with van der Waals surface area (Å²) in [7, 11) is 2.04. The Morgan fingerprint density at radius 1 is 1.00 bits per heavy atom. The molecule has 0 unspecified atom stereocenters. The number of likely N-dealkylation sites (N-methyl/N-ethyl adjacent to an activating group) is 1. The molecule has 132 valence electrons. The van der Waals surface area contributed by atoms with Crippen LogP contribution in [0.2, 0.25) is 0 Å². The third-order valence-corrected chi connectivity index (χ3v) is 4.30. The Morgan fingerprint density at radius 3 is 2.65 bits per heavy atom. The summed E-state index contributed by atoms with van der Waals surface area (Å²) in [5.41, 5.74) is 1.86. The topological polar surface area (TPSA) is 55.8 Å². The highest BCUT2D eigenvalue weighted by atomic mass is 16.5. The Hall–Kier alpha value is -3.05. The summed E-state index contributed by atoms with van der Waals surface area (Å²) in [5.74, 6) is 0.480.